The molecule has 3 fully saturated rings. The van der Waals surface area contributed by atoms with Gasteiger partial charge in [-0.3, -0.25) is 28.9 Å². The number of primary amides is 1. The van der Waals surface area contributed by atoms with E-state index in [-0.39, 0.29) is 30.2 Å². The molecule has 2 saturated carbocycles. The molecule has 11 nitrogen and oxygen atoms in total. The molecule has 1 aromatic rings. The van der Waals surface area contributed by atoms with Crippen LogP contribution in [0.3, 0.4) is 0 Å². The minimum Gasteiger partial charge on any atom is -0.505 e. The van der Waals surface area contributed by atoms with E-state index in [4.69, 9.17) is 5.73 Å². The van der Waals surface area contributed by atoms with Gasteiger partial charge in [0.15, 0.2) is 34.7 Å². The second kappa shape index (κ2) is 9.00. The smallest absolute Gasteiger partial charge is 0.235 e. The van der Waals surface area contributed by atoms with Crippen LogP contribution >= 0.6 is 0 Å². The molecule has 198 valence electrons. The third-order valence-corrected chi connectivity index (χ3v) is 8.63. The number of aliphatic hydroxyl groups is 1. The Kier molecular flexibility index (Phi) is 6.20. The van der Waals surface area contributed by atoms with Gasteiger partial charge in [-0.15, -0.1) is 0 Å². The molecule has 1 amide bonds. The number of phenols is 1. The van der Waals surface area contributed by atoms with Gasteiger partial charge in [-0.25, -0.2) is 0 Å². The number of piperidine rings is 1. The van der Waals surface area contributed by atoms with Crippen molar-refractivity contribution < 1.29 is 34.2 Å². The van der Waals surface area contributed by atoms with Gasteiger partial charge in [0.1, 0.15) is 5.75 Å². The van der Waals surface area contributed by atoms with Crippen LogP contribution < -0.4 is 16.4 Å². The molecule has 0 aromatic heterocycles. The number of amides is 1. The summed E-state index contributed by atoms with van der Waals surface area (Å²) in [6.45, 7) is 1.66. The fourth-order valence-corrected chi connectivity index (χ4v) is 6.88. The van der Waals surface area contributed by atoms with Crippen molar-refractivity contribution in [1.82, 2.24) is 10.2 Å². The number of phenolic OH excluding ortho intramolecular Hbond substituents is 1. The quantitative estimate of drug-likeness (QED) is 0.249. The summed E-state index contributed by atoms with van der Waals surface area (Å²) in [5.41, 5.74) is 3.59. The van der Waals surface area contributed by atoms with Crippen LogP contribution in [0.5, 0.6) is 5.75 Å². The molecule has 1 saturated heterocycles. The summed E-state index contributed by atoms with van der Waals surface area (Å²) in [4.78, 5) is 67.5. The van der Waals surface area contributed by atoms with Gasteiger partial charge in [-0.2, -0.15) is 0 Å². The number of likely N-dealkylation sites (N-methyl/N-ethyl adjacent to an activating group) is 1. The van der Waals surface area contributed by atoms with Crippen molar-refractivity contribution in [2.24, 2.45) is 29.4 Å². The van der Waals surface area contributed by atoms with Crippen molar-refractivity contribution >= 4 is 34.7 Å². The van der Waals surface area contributed by atoms with E-state index in [0.29, 0.717) is 11.3 Å². The predicted molar refractivity (Wildman–Crippen MR) is 131 cm³/mol. The molecular weight excluding hydrogens is 480 g/mol. The molecule has 0 spiro atoms. The number of carbonyl (C=O) groups is 5. The van der Waals surface area contributed by atoms with Gasteiger partial charge in [0.05, 0.1) is 23.2 Å². The van der Waals surface area contributed by atoms with Gasteiger partial charge in [0, 0.05) is 12.0 Å². The lowest BCUT2D eigenvalue weighted by Crippen LogP contribution is -2.74. The highest BCUT2D eigenvalue weighted by molar-refractivity contribution is 6.32. The normalized spacial score (nSPS) is 34.1. The minimum atomic E-state index is -2.71. The van der Waals surface area contributed by atoms with Gasteiger partial charge >= 0.3 is 0 Å². The Morgan fingerprint density at radius 1 is 1.14 bits per heavy atom. The maximum absolute atomic E-state index is 13.8. The number of nitrogens with two attached hydrogens (primary N) is 1. The number of anilines is 1. The van der Waals surface area contributed by atoms with Gasteiger partial charge in [-0.05, 0) is 70.4 Å². The van der Waals surface area contributed by atoms with Crippen molar-refractivity contribution in [2.75, 3.05) is 32.5 Å². The largest absolute Gasteiger partial charge is 0.505 e. The molecule has 1 aromatic carbocycles. The van der Waals surface area contributed by atoms with Crippen LogP contribution in [0.2, 0.25) is 0 Å². The van der Waals surface area contributed by atoms with Crippen molar-refractivity contribution in [1.29, 1.82) is 0 Å². The SMILES string of the molecule is CN(C)[C@@H]1C(=O)C(C(N)=O)C(=O)[C@@]2(O)C(=O)C3C(=O)c4c(ccc(NC5CCNCC5)c4O)C[C@H]3C[C@@H]12. The van der Waals surface area contributed by atoms with E-state index in [9.17, 15) is 34.2 Å². The van der Waals surface area contributed by atoms with E-state index in [2.05, 4.69) is 10.6 Å². The Labute approximate surface area is 213 Å². The van der Waals surface area contributed by atoms with E-state index >= 15 is 0 Å². The molecule has 0 radical (unpaired) electrons. The van der Waals surface area contributed by atoms with E-state index in [1.54, 1.807) is 26.2 Å². The van der Waals surface area contributed by atoms with E-state index in [1.165, 1.54) is 4.90 Å². The summed E-state index contributed by atoms with van der Waals surface area (Å²) in [5, 5.41) is 29.2. The molecule has 2 unspecified atom stereocenters. The fourth-order valence-electron chi connectivity index (χ4n) is 6.88. The van der Waals surface area contributed by atoms with E-state index < -0.39 is 64.4 Å². The molecule has 0 bridgehead atoms. The molecule has 6 N–H and O–H groups in total. The Morgan fingerprint density at radius 2 is 1.81 bits per heavy atom. The lowest BCUT2D eigenvalue weighted by molar-refractivity contribution is -0.181. The number of Topliss-reactive ketones (excluding diaryl/α,β-unsaturated/α-hetero) is 4. The lowest BCUT2D eigenvalue weighted by Gasteiger charge is -2.52. The molecule has 37 heavy (non-hydrogen) atoms. The Bertz CT molecular complexity index is 1210. The number of hydrogen-bond donors (Lipinski definition) is 5. The molecule has 4 aliphatic rings. The first-order valence-electron chi connectivity index (χ1n) is 12.6. The second-order valence-corrected chi connectivity index (χ2v) is 11.0. The third kappa shape index (κ3) is 3.71. The van der Waals surface area contributed by atoms with Gasteiger partial charge in [0.25, 0.3) is 0 Å². The van der Waals surface area contributed by atoms with Crippen molar-refractivity contribution in [3.8, 4) is 5.75 Å². The molecule has 5 rings (SSSR count). The van der Waals surface area contributed by atoms with Crippen LogP contribution in [0.15, 0.2) is 12.1 Å². The number of benzene rings is 1. The monoisotopic (exact) mass is 512 g/mol. The minimum absolute atomic E-state index is 0.00512. The fraction of sp³-hybridized carbons (Fsp3) is 0.577. The third-order valence-electron chi connectivity index (χ3n) is 8.63. The van der Waals surface area contributed by atoms with Gasteiger partial charge in [-0.1, -0.05) is 6.07 Å². The van der Waals surface area contributed by atoms with Crippen molar-refractivity contribution in [2.45, 2.75) is 43.4 Å². The first kappa shape index (κ1) is 25.5. The second-order valence-electron chi connectivity index (χ2n) is 11.0. The first-order valence-corrected chi connectivity index (χ1v) is 12.6. The number of ketones is 4. The van der Waals surface area contributed by atoms with Gasteiger partial charge in [0.2, 0.25) is 5.91 Å². The number of hydrogen-bond acceptors (Lipinski definition) is 10. The molecule has 3 aliphatic carbocycles. The van der Waals surface area contributed by atoms with Crippen molar-refractivity contribution in [3.63, 3.8) is 0 Å². The highest BCUT2D eigenvalue weighted by Gasteiger charge is 2.69. The summed E-state index contributed by atoms with van der Waals surface area (Å²) in [6.07, 6.45) is 1.99. The Balaban J connectivity index is 1.54. The average Bonchev–Trinajstić information content (AvgIpc) is 2.83. The maximum Gasteiger partial charge on any atom is 0.235 e. The number of fused-ring (bicyclic) bond motifs is 3. The average molecular weight is 513 g/mol. The Morgan fingerprint density at radius 3 is 2.43 bits per heavy atom. The Hall–Kier alpha value is -3.15. The van der Waals surface area contributed by atoms with Crippen LogP contribution in [0.4, 0.5) is 5.69 Å². The molecular formula is C26H32N4O7. The van der Waals surface area contributed by atoms with E-state index in [0.717, 1.165) is 25.9 Å². The molecule has 6 atom stereocenters. The number of nitrogens with one attached hydrogen (secondary N) is 2. The summed E-state index contributed by atoms with van der Waals surface area (Å²) >= 11 is 0. The zero-order chi connectivity index (χ0) is 26.8. The first-order chi connectivity index (χ1) is 17.5. The van der Waals surface area contributed by atoms with Crippen LogP contribution in [0.1, 0.15) is 35.2 Å². The van der Waals surface area contributed by atoms with Crippen LogP contribution in [-0.4, -0.2) is 89.0 Å². The zero-order valence-electron chi connectivity index (χ0n) is 20.8. The topological polar surface area (TPSA) is 179 Å². The molecule has 1 aliphatic heterocycles. The highest BCUT2D eigenvalue weighted by atomic mass is 16.3. The lowest BCUT2D eigenvalue weighted by atomic mass is 9.52. The summed E-state index contributed by atoms with van der Waals surface area (Å²) < 4.78 is 0. The summed E-state index contributed by atoms with van der Waals surface area (Å²) in [7, 11) is 3.12. The summed E-state index contributed by atoms with van der Waals surface area (Å²) in [6, 6.07) is 2.48. The maximum atomic E-state index is 13.8. The van der Waals surface area contributed by atoms with E-state index in [1.807, 2.05) is 0 Å². The van der Waals surface area contributed by atoms with Crippen LogP contribution in [0.25, 0.3) is 0 Å². The molecule has 1 heterocycles. The van der Waals surface area contributed by atoms with Crippen LogP contribution in [0, 0.1) is 23.7 Å². The summed E-state index contributed by atoms with van der Waals surface area (Å²) in [5.74, 6) is -10.3. The zero-order valence-corrected chi connectivity index (χ0v) is 20.8. The predicted octanol–water partition coefficient (Wildman–Crippen LogP) is -0.969. The van der Waals surface area contributed by atoms with Crippen molar-refractivity contribution in [3.05, 3.63) is 23.3 Å². The number of nitrogens with zero attached hydrogens (tertiary/aromatic N) is 1. The molecule has 11 heteroatoms. The number of rotatable bonds is 4. The highest BCUT2D eigenvalue weighted by Crippen LogP contribution is 2.51. The number of aromatic hydroxyl groups is 1. The number of carbonyl (C=O) groups excluding carboxylic acids is 5. The van der Waals surface area contributed by atoms with Crippen LogP contribution in [-0.2, 0) is 25.6 Å². The van der Waals surface area contributed by atoms with Gasteiger partial charge < -0.3 is 26.6 Å². The standard InChI is InChI=1S/C26H32N4O7/c1-30(2)19-14-10-12-9-11-3-4-15(29-13-5-7-28-8-6-13)20(31)16(11)21(32)17(12)23(34)26(14,37)24(35)18(22(19)33)25(27)36/h3-4,12-14,17-19,28-29,31,37H,5-10H2,1-2H3,(H2,27,36)/t12-,14-,17?,18?,19-,26-/m0/s1.